The molecule has 0 aliphatic carbocycles. The summed E-state index contributed by atoms with van der Waals surface area (Å²) >= 11 is 0. The largest absolute Gasteiger partial charge is 0.330 e. The molecule has 0 amide bonds. The molecule has 1 aliphatic rings. The van der Waals surface area contributed by atoms with E-state index >= 15 is 0 Å². The van der Waals surface area contributed by atoms with Crippen molar-refractivity contribution in [2.45, 2.75) is 58.5 Å². The lowest BCUT2D eigenvalue weighted by Crippen LogP contribution is -2.24. The molecule has 0 saturated carbocycles. The summed E-state index contributed by atoms with van der Waals surface area (Å²) in [5.41, 5.74) is 1.37. The average Bonchev–Trinajstić information content (AvgIpc) is 3.12. The summed E-state index contributed by atoms with van der Waals surface area (Å²) in [6.45, 7) is 11.5. The summed E-state index contributed by atoms with van der Waals surface area (Å²) in [6, 6.07) is 1.06. The minimum atomic E-state index is 0.516. The van der Waals surface area contributed by atoms with Gasteiger partial charge in [-0.15, -0.1) is 0 Å². The average molecular weight is 278 g/mol. The lowest BCUT2D eigenvalue weighted by Gasteiger charge is -2.22. The molecule has 0 aromatic carbocycles. The number of nitrogens with zero attached hydrogens (tertiary/aromatic N) is 3. The second kappa shape index (κ2) is 7.79. The van der Waals surface area contributed by atoms with E-state index in [9.17, 15) is 0 Å². The first-order chi connectivity index (χ1) is 9.76. The lowest BCUT2D eigenvalue weighted by atomic mass is 10.1. The third-order valence-corrected chi connectivity index (χ3v) is 4.58. The van der Waals surface area contributed by atoms with E-state index in [0.29, 0.717) is 12.1 Å². The molecule has 1 N–H and O–H groups in total. The third kappa shape index (κ3) is 3.83. The molecule has 2 atom stereocenters. The van der Waals surface area contributed by atoms with Crippen LogP contribution >= 0.6 is 0 Å². The highest BCUT2D eigenvalue weighted by Gasteiger charge is 2.21. The summed E-state index contributed by atoms with van der Waals surface area (Å²) in [4.78, 5) is 6.88. The molecule has 1 saturated heterocycles. The molecule has 1 fully saturated rings. The Morgan fingerprint density at radius 2 is 2.25 bits per heavy atom. The van der Waals surface area contributed by atoms with Crippen LogP contribution < -0.4 is 5.32 Å². The molecule has 4 nitrogen and oxygen atoms in total. The standard InChI is InChI=1S/C16H30N4/c1-4-19(5-2)11-7-8-14(3)20-13-17-12-16(20)15-9-6-10-18-15/h12-15,18H,4-11H2,1-3H3/t14?,15-/m0/s1. The fourth-order valence-corrected chi connectivity index (χ4v) is 3.18. The molecule has 1 aromatic rings. The van der Waals surface area contributed by atoms with Gasteiger partial charge in [0.15, 0.2) is 0 Å². The third-order valence-electron chi connectivity index (χ3n) is 4.58. The molecule has 1 aliphatic heterocycles. The maximum Gasteiger partial charge on any atom is 0.0951 e. The first kappa shape index (κ1) is 15.5. The van der Waals surface area contributed by atoms with E-state index in [0.717, 1.165) is 19.6 Å². The maximum absolute atomic E-state index is 4.38. The zero-order chi connectivity index (χ0) is 14.4. The van der Waals surface area contributed by atoms with Crippen LogP contribution in [0, 0.1) is 0 Å². The van der Waals surface area contributed by atoms with Gasteiger partial charge in [0.05, 0.1) is 12.0 Å². The first-order valence-corrected chi connectivity index (χ1v) is 8.23. The molecule has 4 heteroatoms. The lowest BCUT2D eigenvalue weighted by molar-refractivity contribution is 0.287. The Balaban J connectivity index is 1.86. The molecule has 1 aromatic heterocycles. The highest BCUT2D eigenvalue weighted by atomic mass is 15.1. The van der Waals surface area contributed by atoms with Crippen molar-refractivity contribution in [2.24, 2.45) is 0 Å². The van der Waals surface area contributed by atoms with E-state index in [1.807, 2.05) is 12.5 Å². The number of rotatable bonds is 8. The smallest absolute Gasteiger partial charge is 0.0951 e. The molecule has 2 heterocycles. The fourth-order valence-electron chi connectivity index (χ4n) is 3.18. The Morgan fingerprint density at radius 3 is 2.90 bits per heavy atom. The summed E-state index contributed by atoms with van der Waals surface area (Å²) in [6.07, 6.45) is 9.08. The summed E-state index contributed by atoms with van der Waals surface area (Å²) in [5.74, 6) is 0. The van der Waals surface area contributed by atoms with Crippen LogP contribution in [0.3, 0.4) is 0 Å². The zero-order valence-corrected chi connectivity index (χ0v) is 13.3. The van der Waals surface area contributed by atoms with Gasteiger partial charge in [0, 0.05) is 18.3 Å². The summed E-state index contributed by atoms with van der Waals surface area (Å²) in [5, 5.41) is 3.58. The van der Waals surface area contributed by atoms with Crippen LogP contribution in [-0.2, 0) is 0 Å². The fraction of sp³-hybridized carbons (Fsp3) is 0.812. The maximum atomic E-state index is 4.38. The SMILES string of the molecule is CCN(CC)CCCC(C)n1cncc1[C@@H]1CCCN1. The van der Waals surface area contributed by atoms with Crippen LogP contribution in [0.5, 0.6) is 0 Å². The van der Waals surface area contributed by atoms with Gasteiger partial charge in [0.25, 0.3) is 0 Å². The second-order valence-electron chi connectivity index (χ2n) is 5.89. The Morgan fingerprint density at radius 1 is 1.45 bits per heavy atom. The van der Waals surface area contributed by atoms with E-state index in [2.05, 4.69) is 40.5 Å². The Bertz CT molecular complexity index is 378. The van der Waals surface area contributed by atoms with Gasteiger partial charge in [0.2, 0.25) is 0 Å². The molecule has 2 rings (SSSR count). The van der Waals surface area contributed by atoms with E-state index < -0.39 is 0 Å². The zero-order valence-electron chi connectivity index (χ0n) is 13.3. The van der Waals surface area contributed by atoms with Gasteiger partial charge in [-0.05, 0) is 58.8 Å². The quantitative estimate of drug-likeness (QED) is 0.793. The van der Waals surface area contributed by atoms with Crippen LogP contribution in [0.4, 0.5) is 0 Å². The van der Waals surface area contributed by atoms with Crippen LogP contribution in [0.2, 0.25) is 0 Å². The second-order valence-corrected chi connectivity index (χ2v) is 5.89. The number of hydrogen-bond donors (Lipinski definition) is 1. The molecule has 0 radical (unpaired) electrons. The van der Waals surface area contributed by atoms with Gasteiger partial charge < -0.3 is 14.8 Å². The highest BCUT2D eigenvalue weighted by molar-refractivity contribution is 5.08. The Kier molecular flexibility index (Phi) is 6.05. The molecule has 0 spiro atoms. The highest BCUT2D eigenvalue weighted by Crippen LogP contribution is 2.26. The monoisotopic (exact) mass is 278 g/mol. The summed E-state index contributed by atoms with van der Waals surface area (Å²) in [7, 11) is 0. The van der Waals surface area contributed by atoms with Crippen LogP contribution in [-0.4, -0.2) is 40.6 Å². The van der Waals surface area contributed by atoms with E-state index in [-0.39, 0.29) is 0 Å². The first-order valence-electron chi connectivity index (χ1n) is 8.23. The molecule has 114 valence electrons. The van der Waals surface area contributed by atoms with Crippen molar-refractivity contribution in [3.63, 3.8) is 0 Å². The van der Waals surface area contributed by atoms with Crippen LogP contribution in [0.1, 0.15) is 64.2 Å². The molecule has 20 heavy (non-hydrogen) atoms. The normalized spacial score (nSPS) is 20.7. The van der Waals surface area contributed by atoms with Crippen molar-refractivity contribution in [1.82, 2.24) is 19.8 Å². The number of hydrogen-bond acceptors (Lipinski definition) is 3. The minimum absolute atomic E-state index is 0.516. The molecule has 0 bridgehead atoms. The van der Waals surface area contributed by atoms with Crippen molar-refractivity contribution >= 4 is 0 Å². The number of imidazole rings is 1. The van der Waals surface area contributed by atoms with Crippen molar-refractivity contribution in [2.75, 3.05) is 26.2 Å². The van der Waals surface area contributed by atoms with E-state index in [4.69, 9.17) is 0 Å². The molecule has 1 unspecified atom stereocenters. The van der Waals surface area contributed by atoms with Crippen LogP contribution in [0.25, 0.3) is 0 Å². The van der Waals surface area contributed by atoms with E-state index in [1.54, 1.807) is 0 Å². The molecular weight excluding hydrogens is 248 g/mol. The number of aromatic nitrogens is 2. The van der Waals surface area contributed by atoms with Crippen LogP contribution in [0.15, 0.2) is 12.5 Å². The predicted molar refractivity (Wildman–Crippen MR) is 83.9 cm³/mol. The topological polar surface area (TPSA) is 33.1 Å². The van der Waals surface area contributed by atoms with Gasteiger partial charge in [-0.2, -0.15) is 0 Å². The van der Waals surface area contributed by atoms with Gasteiger partial charge in [-0.25, -0.2) is 4.98 Å². The van der Waals surface area contributed by atoms with Crippen molar-refractivity contribution in [1.29, 1.82) is 0 Å². The Hall–Kier alpha value is -0.870. The van der Waals surface area contributed by atoms with Crippen molar-refractivity contribution in [3.05, 3.63) is 18.2 Å². The summed E-state index contributed by atoms with van der Waals surface area (Å²) < 4.78 is 2.38. The van der Waals surface area contributed by atoms with Gasteiger partial charge in [0.1, 0.15) is 0 Å². The predicted octanol–water partition coefficient (Wildman–Crippen LogP) is 2.99. The van der Waals surface area contributed by atoms with Crippen molar-refractivity contribution in [3.8, 4) is 0 Å². The van der Waals surface area contributed by atoms with Crippen molar-refractivity contribution < 1.29 is 0 Å². The minimum Gasteiger partial charge on any atom is -0.330 e. The van der Waals surface area contributed by atoms with Gasteiger partial charge in [-0.1, -0.05) is 13.8 Å². The van der Waals surface area contributed by atoms with Gasteiger partial charge in [-0.3, -0.25) is 0 Å². The molecular formula is C16H30N4. The van der Waals surface area contributed by atoms with Gasteiger partial charge >= 0.3 is 0 Å². The van der Waals surface area contributed by atoms with E-state index in [1.165, 1.54) is 37.9 Å². The Labute approximate surface area is 123 Å². The number of nitrogens with one attached hydrogen (secondary N) is 1.